The number of benzene rings is 7. The Kier molecular flexibility index (Phi) is 6.70. The number of hydrogen-bond acceptors (Lipinski definition) is 4. The number of aromatic nitrogens is 5. The lowest BCUT2D eigenvalue weighted by Crippen LogP contribution is -2.06. The average molecular weight is 655 g/mol. The minimum atomic E-state index is 0.571. The topological polar surface area (TPSA) is 60.6 Å². The lowest BCUT2D eigenvalue weighted by molar-refractivity contribution is 0.953. The highest BCUT2D eigenvalue weighted by Gasteiger charge is 2.19. The summed E-state index contributed by atoms with van der Waals surface area (Å²) in [5.74, 6) is 1.83. The van der Waals surface area contributed by atoms with Crippen molar-refractivity contribution in [3.63, 3.8) is 0 Å². The quantitative estimate of drug-likeness (QED) is 0.194. The monoisotopic (exact) mass is 654 g/mol. The molecule has 0 aliphatic rings. The van der Waals surface area contributed by atoms with Gasteiger partial charge in [-0.3, -0.25) is 4.57 Å². The molecule has 0 saturated carbocycles. The molecule has 0 radical (unpaired) electrons. The number of rotatable bonds is 6. The Morgan fingerprint density at radius 3 is 1.51 bits per heavy atom. The fourth-order valence-electron chi connectivity index (χ4n) is 7.23. The van der Waals surface area contributed by atoms with E-state index in [9.17, 15) is 0 Å². The molecule has 0 unspecified atom stereocenters. The molecular weight excluding hydrogens is 625 g/mol. The summed E-state index contributed by atoms with van der Waals surface area (Å²) in [7, 11) is 0. The van der Waals surface area contributed by atoms with Crippen LogP contribution in [0.1, 0.15) is 0 Å². The molecule has 3 aromatic heterocycles. The summed E-state index contributed by atoms with van der Waals surface area (Å²) < 4.78 is 4.49. The van der Waals surface area contributed by atoms with Crippen LogP contribution in [0.25, 0.3) is 78.0 Å². The van der Waals surface area contributed by atoms with Crippen molar-refractivity contribution < 1.29 is 0 Å². The van der Waals surface area contributed by atoms with Gasteiger partial charge in [0, 0.05) is 49.7 Å². The van der Waals surface area contributed by atoms with Crippen LogP contribution in [0.15, 0.2) is 176 Å². The van der Waals surface area contributed by atoms with E-state index in [4.69, 9.17) is 15.0 Å². The largest absolute Gasteiger partial charge is 0.355 e. The predicted octanol–water partition coefficient (Wildman–Crippen LogP) is 11.1. The number of para-hydroxylation sites is 3. The first kappa shape index (κ1) is 28.9. The van der Waals surface area contributed by atoms with Gasteiger partial charge in [0.25, 0.3) is 0 Å². The highest BCUT2D eigenvalue weighted by Crippen LogP contribution is 2.37. The van der Waals surface area contributed by atoms with Gasteiger partial charge in [0.2, 0.25) is 5.95 Å². The number of nitrogens with zero attached hydrogens (tertiary/aromatic N) is 5. The van der Waals surface area contributed by atoms with Gasteiger partial charge in [0.15, 0.2) is 11.6 Å². The van der Waals surface area contributed by atoms with Gasteiger partial charge < -0.3 is 9.88 Å². The Balaban J connectivity index is 1.13. The van der Waals surface area contributed by atoms with Crippen molar-refractivity contribution in [3.05, 3.63) is 176 Å². The van der Waals surface area contributed by atoms with Crippen LogP contribution >= 0.6 is 0 Å². The lowest BCUT2D eigenvalue weighted by atomic mass is 10.1. The number of anilines is 2. The van der Waals surface area contributed by atoms with Crippen molar-refractivity contribution in [1.29, 1.82) is 0 Å². The van der Waals surface area contributed by atoms with E-state index in [0.29, 0.717) is 17.6 Å². The Labute approximate surface area is 293 Å². The molecule has 10 rings (SSSR count). The third-order valence-electron chi connectivity index (χ3n) is 9.54. The second kappa shape index (κ2) is 11.8. The van der Waals surface area contributed by atoms with Crippen molar-refractivity contribution in [2.75, 3.05) is 5.32 Å². The zero-order valence-electron chi connectivity index (χ0n) is 27.5. The van der Waals surface area contributed by atoms with E-state index in [-0.39, 0.29) is 0 Å². The lowest BCUT2D eigenvalue weighted by Gasteiger charge is -2.12. The third-order valence-corrected chi connectivity index (χ3v) is 9.54. The molecular formula is C45H30N6. The number of fused-ring (bicyclic) bond motifs is 6. The molecule has 0 atom stereocenters. The predicted molar refractivity (Wildman–Crippen MR) is 209 cm³/mol. The van der Waals surface area contributed by atoms with E-state index in [1.807, 2.05) is 60.7 Å². The van der Waals surface area contributed by atoms with Gasteiger partial charge in [-0.1, -0.05) is 121 Å². The SMILES string of the molecule is c1ccc(-c2nc(-c3ccccc3)nc(-n3c4ccccc4c4ccc(Nc5ccc6c(c5)c5ccccc5n6-c5ccccc5)cc43)n2)cc1. The van der Waals surface area contributed by atoms with Crippen molar-refractivity contribution in [2.45, 2.75) is 0 Å². The summed E-state index contributed by atoms with van der Waals surface area (Å²) in [4.78, 5) is 15.1. The van der Waals surface area contributed by atoms with E-state index in [0.717, 1.165) is 50.0 Å². The van der Waals surface area contributed by atoms with Gasteiger partial charge >= 0.3 is 0 Å². The molecule has 0 saturated heterocycles. The first-order valence-electron chi connectivity index (χ1n) is 17.0. The van der Waals surface area contributed by atoms with Crippen molar-refractivity contribution >= 4 is 55.0 Å². The van der Waals surface area contributed by atoms with Crippen LogP contribution in [-0.2, 0) is 0 Å². The second-order valence-electron chi connectivity index (χ2n) is 12.6. The molecule has 0 aliphatic heterocycles. The summed E-state index contributed by atoms with van der Waals surface area (Å²) in [5, 5.41) is 8.40. The molecule has 240 valence electrons. The van der Waals surface area contributed by atoms with Crippen molar-refractivity contribution in [1.82, 2.24) is 24.1 Å². The van der Waals surface area contributed by atoms with Crippen LogP contribution in [0.5, 0.6) is 0 Å². The first-order chi connectivity index (χ1) is 25.3. The minimum absolute atomic E-state index is 0.571. The molecule has 0 amide bonds. The molecule has 1 N–H and O–H groups in total. The van der Waals surface area contributed by atoms with Gasteiger partial charge in [-0.2, -0.15) is 9.97 Å². The summed E-state index contributed by atoms with van der Waals surface area (Å²) in [6, 6.07) is 60.9. The average Bonchev–Trinajstić information content (AvgIpc) is 3.71. The molecule has 6 nitrogen and oxygen atoms in total. The van der Waals surface area contributed by atoms with Crippen molar-refractivity contribution in [2.24, 2.45) is 0 Å². The Bertz CT molecular complexity index is 2820. The first-order valence-corrected chi connectivity index (χ1v) is 17.0. The highest BCUT2D eigenvalue weighted by molar-refractivity contribution is 6.11. The Morgan fingerprint density at radius 2 is 0.843 bits per heavy atom. The van der Waals surface area contributed by atoms with Crippen LogP contribution in [-0.4, -0.2) is 24.1 Å². The molecule has 0 fully saturated rings. The molecule has 10 aromatic rings. The molecule has 0 bridgehead atoms. The third kappa shape index (κ3) is 4.92. The fraction of sp³-hybridized carbons (Fsp3) is 0. The van der Waals surface area contributed by atoms with Gasteiger partial charge in [-0.25, -0.2) is 4.98 Å². The zero-order valence-corrected chi connectivity index (χ0v) is 27.5. The van der Waals surface area contributed by atoms with Crippen LogP contribution in [0.4, 0.5) is 11.4 Å². The highest BCUT2D eigenvalue weighted by atomic mass is 15.2. The smallest absolute Gasteiger partial charge is 0.238 e. The van der Waals surface area contributed by atoms with Crippen molar-refractivity contribution in [3.8, 4) is 34.4 Å². The minimum Gasteiger partial charge on any atom is -0.355 e. The zero-order chi connectivity index (χ0) is 33.7. The maximum absolute atomic E-state index is 5.09. The summed E-state index contributed by atoms with van der Waals surface area (Å²) in [6.07, 6.45) is 0. The standard InChI is InChI=1S/C45H30N6/c1-4-14-30(15-5-1)43-47-44(31-16-6-2-7-17-31)49-45(48-43)51-40-23-13-10-20-35(40)37-26-24-33(29-42(37)51)46-32-25-27-41-38(28-32)36-21-11-12-22-39(36)50(41)34-18-8-3-9-19-34/h1-29,46H. The van der Waals surface area contributed by atoms with Crippen LogP contribution < -0.4 is 5.32 Å². The van der Waals surface area contributed by atoms with Crippen LogP contribution in [0.2, 0.25) is 0 Å². The second-order valence-corrected chi connectivity index (χ2v) is 12.6. The summed E-state index contributed by atoms with van der Waals surface area (Å²) in [6.45, 7) is 0. The van der Waals surface area contributed by atoms with Crippen LogP contribution in [0.3, 0.4) is 0 Å². The van der Waals surface area contributed by atoms with Gasteiger partial charge in [-0.05, 0) is 54.6 Å². The summed E-state index contributed by atoms with van der Waals surface area (Å²) in [5.41, 5.74) is 9.39. The van der Waals surface area contributed by atoms with E-state index in [1.165, 1.54) is 21.8 Å². The van der Waals surface area contributed by atoms with Gasteiger partial charge in [0.05, 0.1) is 22.1 Å². The normalized spacial score (nSPS) is 11.5. The Hall–Kier alpha value is -7.05. The molecule has 0 spiro atoms. The molecule has 6 heteroatoms. The fourth-order valence-corrected chi connectivity index (χ4v) is 7.23. The maximum atomic E-state index is 5.09. The molecule has 7 aromatic carbocycles. The van der Waals surface area contributed by atoms with E-state index < -0.39 is 0 Å². The summed E-state index contributed by atoms with van der Waals surface area (Å²) >= 11 is 0. The van der Waals surface area contributed by atoms with Gasteiger partial charge in [0.1, 0.15) is 0 Å². The number of hydrogen-bond donors (Lipinski definition) is 1. The van der Waals surface area contributed by atoms with Crippen LogP contribution in [0, 0.1) is 0 Å². The molecule has 51 heavy (non-hydrogen) atoms. The molecule has 3 heterocycles. The Morgan fingerprint density at radius 1 is 0.353 bits per heavy atom. The number of nitrogens with one attached hydrogen (secondary N) is 1. The molecule has 0 aliphatic carbocycles. The van der Waals surface area contributed by atoms with Gasteiger partial charge in [-0.15, -0.1) is 0 Å². The van der Waals surface area contributed by atoms with E-state index >= 15 is 0 Å². The van der Waals surface area contributed by atoms with E-state index in [1.54, 1.807) is 0 Å². The maximum Gasteiger partial charge on any atom is 0.238 e. The van der Waals surface area contributed by atoms with E-state index in [2.05, 4.69) is 130 Å².